The number of aromatic hydroxyl groups is 1. The molecule has 0 aromatic heterocycles. The van der Waals surface area contributed by atoms with E-state index in [1.807, 2.05) is 6.92 Å². The highest BCUT2D eigenvalue weighted by Crippen LogP contribution is 2.36. The summed E-state index contributed by atoms with van der Waals surface area (Å²) in [5, 5.41) is 15.7. The zero-order valence-corrected chi connectivity index (χ0v) is 12.3. The van der Waals surface area contributed by atoms with Crippen molar-refractivity contribution >= 4 is 5.91 Å². The Balaban J connectivity index is 2.75. The molecule has 0 aliphatic heterocycles. The molecule has 0 spiro atoms. The summed E-state index contributed by atoms with van der Waals surface area (Å²) in [6.07, 6.45) is 0. The fourth-order valence-corrected chi connectivity index (χ4v) is 1.74. The Morgan fingerprint density at radius 1 is 1.30 bits per heavy atom. The van der Waals surface area contributed by atoms with Gasteiger partial charge in [0.25, 0.3) is 0 Å². The minimum absolute atomic E-state index is 0.0319. The molecule has 0 aliphatic carbocycles. The standard InChI is InChI=1S/C14H22N2O4/c1-5-15-14(18)9(2)16-8-10-6-11(19-3)13(17)12(7-10)20-4/h6-7,9,16-17H,5,8H2,1-4H3,(H,15,18). The van der Waals surface area contributed by atoms with Crippen molar-refractivity contribution in [3.63, 3.8) is 0 Å². The predicted molar refractivity (Wildman–Crippen MR) is 76.2 cm³/mol. The molecule has 20 heavy (non-hydrogen) atoms. The van der Waals surface area contributed by atoms with Gasteiger partial charge in [-0.25, -0.2) is 0 Å². The number of phenolic OH excluding ortho intramolecular Hbond substituents is 1. The second-order valence-corrected chi connectivity index (χ2v) is 4.35. The Morgan fingerprint density at radius 2 is 1.85 bits per heavy atom. The number of carbonyl (C=O) groups is 1. The molecule has 0 saturated heterocycles. The molecule has 0 fully saturated rings. The highest BCUT2D eigenvalue weighted by molar-refractivity contribution is 5.81. The van der Waals surface area contributed by atoms with Gasteiger partial charge in [-0.2, -0.15) is 0 Å². The molecule has 112 valence electrons. The van der Waals surface area contributed by atoms with Crippen LogP contribution in [-0.2, 0) is 11.3 Å². The minimum atomic E-state index is -0.305. The maximum absolute atomic E-state index is 11.6. The maximum atomic E-state index is 11.6. The molecule has 0 bridgehead atoms. The number of nitrogens with one attached hydrogen (secondary N) is 2. The summed E-state index contributed by atoms with van der Waals surface area (Å²) >= 11 is 0. The van der Waals surface area contributed by atoms with Crippen molar-refractivity contribution in [1.82, 2.24) is 10.6 Å². The Bertz CT molecular complexity index is 437. The van der Waals surface area contributed by atoms with Crippen LogP contribution in [0.3, 0.4) is 0 Å². The summed E-state index contributed by atoms with van der Waals surface area (Å²) in [5.41, 5.74) is 0.854. The minimum Gasteiger partial charge on any atom is -0.502 e. The van der Waals surface area contributed by atoms with Crippen molar-refractivity contribution < 1.29 is 19.4 Å². The lowest BCUT2D eigenvalue weighted by Gasteiger charge is -2.15. The molecule has 0 radical (unpaired) electrons. The Hall–Kier alpha value is -1.95. The van der Waals surface area contributed by atoms with Crippen molar-refractivity contribution in [3.05, 3.63) is 17.7 Å². The van der Waals surface area contributed by atoms with E-state index >= 15 is 0 Å². The van der Waals surface area contributed by atoms with Crippen molar-refractivity contribution in [2.45, 2.75) is 26.4 Å². The first-order valence-electron chi connectivity index (χ1n) is 6.48. The highest BCUT2D eigenvalue weighted by Gasteiger charge is 2.14. The summed E-state index contributed by atoms with van der Waals surface area (Å²) in [6.45, 7) is 4.73. The molecule has 1 amide bonds. The summed E-state index contributed by atoms with van der Waals surface area (Å²) in [6, 6.07) is 3.10. The largest absolute Gasteiger partial charge is 0.502 e. The van der Waals surface area contributed by atoms with Gasteiger partial charge >= 0.3 is 0 Å². The van der Waals surface area contributed by atoms with Crippen LogP contribution in [0.15, 0.2) is 12.1 Å². The van der Waals surface area contributed by atoms with E-state index < -0.39 is 0 Å². The van der Waals surface area contributed by atoms with E-state index in [4.69, 9.17) is 9.47 Å². The van der Waals surface area contributed by atoms with Gasteiger partial charge in [0.2, 0.25) is 11.7 Å². The topological polar surface area (TPSA) is 79.8 Å². The lowest BCUT2D eigenvalue weighted by Crippen LogP contribution is -2.41. The average Bonchev–Trinajstić information content (AvgIpc) is 2.45. The third kappa shape index (κ3) is 4.03. The van der Waals surface area contributed by atoms with Crippen molar-refractivity contribution in [3.8, 4) is 17.2 Å². The first-order chi connectivity index (χ1) is 9.53. The van der Waals surface area contributed by atoms with Gasteiger partial charge in [0, 0.05) is 13.1 Å². The number of methoxy groups -OCH3 is 2. The number of ether oxygens (including phenoxy) is 2. The molecule has 1 unspecified atom stereocenters. The number of likely N-dealkylation sites (N-methyl/N-ethyl adjacent to an activating group) is 1. The monoisotopic (exact) mass is 282 g/mol. The van der Waals surface area contributed by atoms with Gasteiger partial charge in [0.05, 0.1) is 20.3 Å². The number of phenols is 1. The average molecular weight is 282 g/mol. The van der Waals surface area contributed by atoms with Crippen LogP contribution in [0.2, 0.25) is 0 Å². The lowest BCUT2D eigenvalue weighted by molar-refractivity contribution is -0.122. The number of benzene rings is 1. The van der Waals surface area contributed by atoms with E-state index in [-0.39, 0.29) is 17.7 Å². The molecule has 0 saturated carbocycles. The van der Waals surface area contributed by atoms with E-state index in [2.05, 4.69) is 10.6 Å². The smallest absolute Gasteiger partial charge is 0.236 e. The quantitative estimate of drug-likeness (QED) is 0.696. The Labute approximate surface area is 119 Å². The van der Waals surface area contributed by atoms with E-state index in [0.29, 0.717) is 24.6 Å². The molecular weight excluding hydrogens is 260 g/mol. The van der Waals surface area contributed by atoms with E-state index in [1.54, 1.807) is 19.1 Å². The second-order valence-electron chi connectivity index (χ2n) is 4.35. The van der Waals surface area contributed by atoms with Crippen LogP contribution in [-0.4, -0.2) is 37.8 Å². The summed E-state index contributed by atoms with van der Waals surface area (Å²) < 4.78 is 10.2. The molecule has 0 heterocycles. The molecular formula is C14H22N2O4. The zero-order chi connectivity index (χ0) is 15.1. The molecule has 1 rings (SSSR count). The van der Waals surface area contributed by atoms with Crippen LogP contribution < -0.4 is 20.1 Å². The highest BCUT2D eigenvalue weighted by atomic mass is 16.5. The van der Waals surface area contributed by atoms with Gasteiger partial charge < -0.3 is 25.2 Å². The molecule has 1 aromatic rings. The fraction of sp³-hybridized carbons (Fsp3) is 0.500. The summed E-state index contributed by atoms with van der Waals surface area (Å²) in [7, 11) is 2.95. The molecule has 6 heteroatoms. The van der Waals surface area contributed by atoms with Crippen molar-refractivity contribution in [2.24, 2.45) is 0 Å². The third-order valence-corrected chi connectivity index (χ3v) is 2.90. The molecule has 1 aromatic carbocycles. The molecule has 1 atom stereocenters. The van der Waals surface area contributed by atoms with Gasteiger partial charge in [0.1, 0.15) is 0 Å². The van der Waals surface area contributed by atoms with Crippen LogP contribution in [0.1, 0.15) is 19.4 Å². The second kappa shape index (κ2) is 7.59. The zero-order valence-electron chi connectivity index (χ0n) is 12.3. The number of hydrogen-bond acceptors (Lipinski definition) is 5. The number of hydrogen-bond donors (Lipinski definition) is 3. The number of rotatable bonds is 7. The number of carbonyl (C=O) groups excluding carboxylic acids is 1. The lowest BCUT2D eigenvalue weighted by atomic mass is 10.1. The van der Waals surface area contributed by atoms with Gasteiger partial charge in [-0.15, -0.1) is 0 Å². The van der Waals surface area contributed by atoms with Gasteiger partial charge in [-0.3, -0.25) is 4.79 Å². The first-order valence-corrected chi connectivity index (χ1v) is 6.48. The molecule has 0 aliphatic rings. The summed E-state index contributed by atoms with van der Waals surface area (Å²) in [4.78, 5) is 11.6. The van der Waals surface area contributed by atoms with Crippen LogP contribution in [0.25, 0.3) is 0 Å². The SMILES string of the molecule is CCNC(=O)C(C)NCc1cc(OC)c(O)c(OC)c1. The van der Waals surface area contributed by atoms with Gasteiger partial charge in [-0.05, 0) is 31.5 Å². The Kier molecular flexibility index (Phi) is 6.11. The molecule has 6 nitrogen and oxygen atoms in total. The molecule has 3 N–H and O–H groups in total. The maximum Gasteiger partial charge on any atom is 0.236 e. The van der Waals surface area contributed by atoms with E-state index in [9.17, 15) is 9.90 Å². The van der Waals surface area contributed by atoms with Crippen molar-refractivity contribution in [2.75, 3.05) is 20.8 Å². The first kappa shape index (κ1) is 16.1. The van der Waals surface area contributed by atoms with E-state index in [1.165, 1.54) is 14.2 Å². The third-order valence-electron chi connectivity index (χ3n) is 2.90. The van der Waals surface area contributed by atoms with Crippen molar-refractivity contribution in [1.29, 1.82) is 0 Å². The number of amides is 1. The fourth-order valence-electron chi connectivity index (χ4n) is 1.74. The van der Waals surface area contributed by atoms with Gasteiger partial charge in [0.15, 0.2) is 11.5 Å². The summed E-state index contributed by atoms with van der Waals surface area (Å²) in [5.74, 6) is 0.597. The van der Waals surface area contributed by atoms with Crippen LogP contribution >= 0.6 is 0 Å². The van der Waals surface area contributed by atoms with E-state index in [0.717, 1.165) is 5.56 Å². The van der Waals surface area contributed by atoms with Crippen LogP contribution in [0.5, 0.6) is 17.2 Å². The predicted octanol–water partition coefficient (Wildman–Crippen LogP) is 1.02. The Morgan fingerprint density at radius 3 is 2.30 bits per heavy atom. The van der Waals surface area contributed by atoms with Crippen LogP contribution in [0.4, 0.5) is 0 Å². The normalized spacial score (nSPS) is 11.8. The van der Waals surface area contributed by atoms with Gasteiger partial charge in [-0.1, -0.05) is 0 Å². The van der Waals surface area contributed by atoms with Crippen LogP contribution in [0, 0.1) is 0 Å².